The molecular weight excluding hydrogens is 240 g/mol. The molecule has 0 aliphatic carbocycles. The zero-order valence-corrected chi connectivity index (χ0v) is 10.4. The van der Waals surface area contributed by atoms with Crippen molar-refractivity contribution in [3.05, 3.63) is 65.2 Å². The zero-order chi connectivity index (χ0) is 13.4. The van der Waals surface area contributed by atoms with Crippen molar-refractivity contribution in [2.24, 2.45) is 0 Å². The predicted octanol–water partition coefficient (Wildman–Crippen LogP) is 2.82. The lowest BCUT2D eigenvalue weighted by molar-refractivity contribution is 0.0720. The van der Waals surface area contributed by atoms with Crippen molar-refractivity contribution in [1.29, 1.82) is 0 Å². The van der Waals surface area contributed by atoms with Gasteiger partial charge in [-0.1, -0.05) is 42.0 Å². The molecule has 94 valence electrons. The van der Waals surface area contributed by atoms with Crippen LogP contribution in [0.2, 0.25) is 0 Å². The Bertz CT molecular complexity index is 659. The van der Waals surface area contributed by atoms with Gasteiger partial charge in [-0.05, 0) is 19.1 Å². The van der Waals surface area contributed by atoms with Crippen LogP contribution < -0.4 is 4.74 Å². The molecule has 0 fully saturated rings. The van der Waals surface area contributed by atoms with Crippen LogP contribution in [-0.4, -0.2) is 17.7 Å². The molecule has 1 aliphatic heterocycles. The maximum Gasteiger partial charge on any atom is 0.224 e. The van der Waals surface area contributed by atoms with Gasteiger partial charge in [0, 0.05) is 5.56 Å². The topological polar surface area (TPSA) is 43.4 Å². The Balaban J connectivity index is 1.94. The molecule has 0 spiro atoms. The molecule has 19 heavy (non-hydrogen) atoms. The maximum absolute atomic E-state index is 12.3. The minimum atomic E-state index is -1.04. The molecule has 1 aliphatic rings. The molecule has 0 N–H and O–H groups in total. The van der Waals surface area contributed by atoms with Gasteiger partial charge in [-0.2, -0.15) is 0 Å². The van der Waals surface area contributed by atoms with Gasteiger partial charge in [0.25, 0.3) is 0 Å². The zero-order valence-electron chi connectivity index (χ0n) is 10.4. The van der Waals surface area contributed by atoms with Crippen LogP contribution in [0, 0.1) is 6.92 Å². The third-order valence-corrected chi connectivity index (χ3v) is 3.18. The van der Waals surface area contributed by atoms with E-state index >= 15 is 0 Å². The molecule has 3 rings (SSSR count). The largest absolute Gasteiger partial charge is 0.473 e. The standard InChI is InChI=1S/C16H12O3/c1-10-7-8-13-12(9-10)15(18)16(19-13)14(17)11-5-3-2-4-6-11/h2-9,16H,1H3. The van der Waals surface area contributed by atoms with Crippen LogP contribution >= 0.6 is 0 Å². The molecule has 2 aromatic rings. The number of aryl methyl sites for hydroxylation is 1. The van der Waals surface area contributed by atoms with Crippen molar-refractivity contribution in [3.63, 3.8) is 0 Å². The molecule has 1 unspecified atom stereocenters. The van der Waals surface area contributed by atoms with Gasteiger partial charge in [0.15, 0.2) is 0 Å². The number of rotatable bonds is 2. The summed E-state index contributed by atoms with van der Waals surface area (Å²) in [4.78, 5) is 24.5. The number of fused-ring (bicyclic) bond motifs is 1. The third kappa shape index (κ3) is 1.93. The van der Waals surface area contributed by atoms with Crippen LogP contribution in [0.3, 0.4) is 0 Å². The molecule has 0 bridgehead atoms. The van der Waals surface area contributed by atoms with E-state index in [4.69, 9.17) is 4.74 Å². The van der Waals surface area contributed by atoms with E-state index in [1.54, 1.807) is 36.4 Å². The summed E-state index contributed by atoms with van der Waals surface area (Å²) in [6.07, 6.45) is -1.04. The SMILES string of the molecule is Cc1ccc2c(c1)C(=O)C(C(=O)c1ccccc1)O2. The highest BCUT2D eigenvalue weighted by molar-refractivity contribution is 6.21. The molecule has 0 aromatic heterocycles. The highest BCUT2D eigenvalue weighted by atomic mass is 16.5. The van der Waals surface area contributed by atoms with Crippen molar-refractivity contribution in [1.82, 2.24) is 0 Å². The van der Waals surface area contributed by atoms with Gasteiger partial charge in [0.1, 0.15) is 5.75 Å². The highest BCUT2D eigenvalue weighted by Gasteiger charge is 2.38. The van der Waals surface area contributed by atoms with E-state index in [2.05, 4.69) is 0 Å². The lowest BCUT2D eigenvalue weighted by atomic mass is 10.00. The summed E-state index contributed by atoms with van der Waals surface area (Å²) < 4.78 is 5.49. The van der Waals surface area contributed by atoms with E-state index in [9.17, 15) is 9.59 Å². The van der Waals surface area contributed by atoms with Gasteiger partial charge >= 0.3 is 0 Å². The van der Waals surface area contributed by atoms with Crippen molar-refractivity contribution in [2.75, 3.05) is 0 Å². The Morgan fingerprint density at radius 2 is 1.84 bits per heavy atom. The first-order valence-electron chi connectivity index (χ1n) is 6.07. The van der Waals surface area contributed by atoms with E-state index in [-0.39, 0.29) is 11.6 Å². The Morgan fingerprint density at radius 1 is 1.11 bits per heavy atom. The second-order valence-electron chi connectivity index (χ2n) is 4.59. The van der Waals surface area contributed by atoms with Gasteiger partial charge in [0.05, 0.1) is 5.56 Å². The van der Waals surface area contributed by atoms with Crippen molar-refractivity contribution in [2.45, 2.75) is 13.0 Å². The van der Waals surface area contributed by atoms with Crippen LogP contribution in [0.4, 0.5) is 0 Å². The number of ketones is 2. The lowest BCUT2D eigenvalue weighted by Gasteiger charge is -2.07. The fourth-order valence-electron chi connectivity index (χ4n) is 2.19. The predicted molar refractivity (Wildman–Crippen MR) is 70.7 cm³/mol. The number of ether oxygens (including phenoxy) is 1. The molecule has 1 heterocycles. The van der Waals surface area contributed by atoms with E-state index < -0.39 is 6.10 Å². The van der Waals surface area contributed by atoms with Crippen LogP contribution in [-0.2, 0) is 0 Å². The number of benzene rings is 2. The second-order valence-corrected chi connectivity index (χ2v) is 4.59. The van der Waals surface area contributed by atoms with Gasteiger partial charge in [0.2, 0.25) is 17.7 Å². The molecule has 1 atom stereocenters. The number of carbonyl (C=O) groups is 2. The first kappa shape index (κ1) is 11.7. The lowest BCUT2D eigenvalue weighted by Crippen LogP contribution is -2.30. The molecule has 0 saturated heterocycles. The molecule has 0 radical (unpaired) electrons. The monoisotopic (exact) mass is 252 g/mol. The average molecular weight is 252 g/mol. The Morgan fingerprint density at radius 3 is 2.58 bits per heavy atom. The third-order valence-electron chi connectivity index (χ3n) is 3.18. The van der Waals surface area contributed by atoms with Gasteiger partial charge < -0.3 is 4.74 Å². The molecule has 0 amide bonds. The summed E-state index contributed by atoms with van der Waals surface area (Å²) in [5.74, 6) is -0.0584. The molecule has 3 heteroatoms. The number of hydrogen-bond donors (Lipinski definition) is 0. The first-order valence-corrected chi connectivity index (χ1v) is 6.07. The quantitative estimate of drug-likeness (QED) is 0.609. The molecule has 2 aromatic carbocycles. The van der Waals surface area contributed by atoms with Crippen LogP contribution in [0.15, 0.2) is 48.5 Å². The van der Waals surface area contributed by atoms with Gasteiger partial charge in [-0.15, -0.1) is 0 Å². The van der Waals surface area contributed by atoms with Crippen LogP contribution in [0.1, 0.15) is 26.3 Å². The number of carbonyl (C=O) groups excluding carboxylic acids is 2. The van der Waals surface area contributed by atoms with Crippen molar-refractivity contribution < 1.29 is 14.3 Å². The van der Waals surface area contributed by atoms with E-state index in [1.165, 1.54) is 0 Å². The fraction of sp³-hybridized carbons (Fsp3) is 0.125. The molecule has 3 nitrogen and oxygen atoms in total. The van der Waals surface area contributed by atoms with E-state index in [0.29, 0.717) is 16.9 Å². The molecular formula is C16H12O3. The fourth-order valence-corrected chi connectivity index (χ4v) is 2.19. The van der Waals surface area contributed by atoms with Crippen molar-refractivity contribution in [3.8, 4) is 5.75 Å². The van der Waals surface area contributed by atoms with Gasteiger partial charge in [-0.25, -0.2) is 0 Å². The average Bonchev–Trinajstić information content (AvgIpc) is 2.76. The maximum atomic E-state index is 12.3. The second kappa shape index (κ2) is 4.35. The summed E-state index contributed by atoms with van der Waals surface area (Å²) in [7, 11) is 0. The van der Waals surface area contributed by atoms with E-state index in [1.807, 2.05) is 19.1 Å². The summed E-state index contributed by atoms with van der Waals surface area (Å²) in [6.45, 7) is 1.90. The first-order chi connectivity index (χ1) is 9.16. The molecule has 0 saturated carbocycles. The summed E-state index contributed by atoms with van der Waals surface area (Å²) in [5.41, 5.74) is 1.96. The van der Waals surface area contributed by atoms with Crippen LogP contribution in [0.25, 0.3) is 0 Å². The smallest absolute Gasteiger partial charge is 0.224 e. The Hall–Kier alpha value is -2.42. The minimum Gasteiger partial charge on any atom is -0.473 e. The normalized spacial score (nSPS) is 16.9. The summed E-state index contributed by atoms with van der Waals surface area (Å²) in [5, 5.41) is 0. The van der Waals surface area contributed by atoms with Crippen molar-refractivity contribution >= 4 is 11.6 Å². The van der Waals surface area contributed by atoms with Crippen LogP contribution in [0.5, 0.6) is 5.75 Å². The summed E-state index contributed by atoms with van der Waals surface area (Å²) >= 11 is 0. The Labute approximate surface area is 110 Å². The summed E-state index contributed by atoms with van der Waals surface area (Å²) in [6, 6.07) is 14.1. The highest BCUT2D eigenvalue weighted by Crippen LogP contribution is 2.30. The minimum absolute atomic E-state index is 0.257. The number of Topliss-reactive ketones (excluding diaryl/α,β-unsaturated/α-hetero) is 2. The Kier molecular flexibility index (Phi) is 2.67. The van der Waals surface area contributed by atoms with Gasteiger partial charge in [-0.3, -0.25) is 9.59 Å². The van der Waals surface area contributed by atoms with E-state index in [0.717, 1.165) is 5.56 Å². The number of hydrogen-bond acceptors (Lipinski definition) is 3.